The fraction of sp³-hybridized carbons (Fsp3) is 0.714. The molecule has 0 aliphatic heterocycles. The Morgan fingerprint density at radius 3 is 1.26 bits per heavy atom. The summed E-state index contributed by atoms with van der Waals surface area (Å²) >= 11 is -1.41. The molecule has 130 valence electrons. The van der Waals surface area contributed by atoms with Crippen molar-refractivity contribution in [1.29, 1.82) is 0 Å². The molecule has 0 amide bonds. The van der Waals surface area contributed by atoms with Gasteiger partial charge in [0.05, 0.1) is 0 Å². The van der Waals surface area contributed by atoms with E-state index in [1.54, 1.807) is 0 Å². The molecule has 0 aliphatic carbocycles. The van der Waals surface area contributed by atoms with Crippen molar-refractivity contribution in [3.05, 3.63) is 28.8 Å². The first-order valence-electron chi connectivity index (χ1n) is 8.99. The average molecular weight is 374 g/mol. The van der Waals surface area contributed by atoms with E-state index in [4.69, 9.17) is 0 Å². The zero-order valence-electron chi connectivity index (χ0n) is 17.7. The summed E-state index contributed by atoms with van der Waals surface area (Å²) in [5.41, 5.74) is 11.4. The van der Waals surface area contributed by atoms with Crippen LogP contribution in [0.2, 0.25) is 11.0 Å². The Kier molecular flexibility index (Phi) is 5.87. The summed E-state index contributed by atoms with van der Waals surface area (Å²) in [6, 6.07) is 4.96. The Morgan fingerprint density at radius 2 is 1.04 bits per heavy atom. The third kappa shape index (κ3) is 4.82. The maximum absolute atomic E-state index is 2.64. The van der Waals surface area contributed by atoms with Crippen LogP contribution >= 0.6 is 0 Å². The van der Waals surface area contributed by atoms with Gasteiger partial charge < -0.3 is 0 Å². The zero-order chi connectivity index (χ0) is 18.4. The quantitative estimate of drug-likeness (QED) is 0.552. The third-order valence-corrected chi connectivity index (χ3v) is 8.51. The van der Waals surface area contributed by atoms with Crippen LogP contribution in [0, 0.1) is 0 Å². The van der Waals surface area contributed by atoms with E-state index in [0.717, 1.165) is 0 Å². The van der Waals surface area contributed by atoms with Crippen molar-refractivity contribution >= 4 is 22.1 Å². The molecule has 0 unspecified atom stereocenters. The molecule has 0 spiro atoms. The summed E-state index contributed by atoms with van der Waals surface area (Å²) in [7, 11) is 2.32. The monoisotopic (exact) mass is 373 g/mol. The van der Waals surface area contributed by atoms with Gasteiger partial charge in [-0.3, -0.25) is 0 Å². The second-order valence-corrected chi connectivity index (χ2v) is 16.6. The topological polar surface area (TPSA) is 3.24 Å². The van der Waals surface area contributed by atoms with Crippen LogP contribution in [0.4, 0.5) is 5.69 Å². The molecule has 0 aromatic heterocycles. The standard InChI is InChI=1S/C19H32N.2CH3.Ga/c1-17(2,3)13-11-14(18(4,5)6)16(20-10)15(12-13)19(7,8)9;;;/h11-12H,1-10H3;2*1H3;/q-1;;;+1. The van der Waals surface area contributed by atoms with Crippen LogP contribution in [0.1, 0.15) is 79.0 Å². The predicted octanol–water partition coefficient (Wildman–Crippen LogP) is 6.27. The molecule has 1 rings (SSSR count). The average Bonchev–Trinajstić information content (AvgIpc) is 2.32. The molecule has 0 radical (unpaired) electrons. The van der Waals surface area contributed by atoms with Crippen LogP contribution in [0.3, 0.4) is 0 Å². The second-order valence-electron chi connectivity index (χ2n) is 10.4. The van der Waals surface area contributed by atoms with E-state index in [0.29, 0.717) is 0 Å². The summed E-state index contributed by atoms with van der Waals surface area (Å²) < 4.78 is 2.64. The van der Waals surface area contributed by atoms with Gasteiger partial charge in [0, 0.05) is 0 Å². The summed E-state index contributed by atoms with van der Waals surface area (Å²) in [4.78, 5) is 0. The molecule has 0 bridgehead atoms. The third-order valence-electron chi connectivity index (χ3n) is 4.72. The van der Waals surface area contributed by atoms with E-state index < -0.39 is 16.5 Å². The zero-order valence-corrected chi connectivity index (χ0v) is 20.1. The van der Waals surface area contributed by atoms with Gasteiger partial charge in [-0.2, -0.15) is 0 Å². The molecule has 0 atom stereocenters. The molecule has 1 nitrogen and oxygen atoms in total. The van der Waals surface area contributed by atoms with E-state index in [9.17, 15) is 0 Å². The fourth-order valence-corrected chi connectivity index (χ4v) is 4.52. The molecule has 1 aromatic rings. The van der Waals surface area contributed by atoms with Crippen molar-refractivity contribution in [2.24, 2.45) is 0 Å². The molecular formula is C21H38GaN. The fourth-order valence-electron chi connectivity index (χ4n) is 2.85. The van der Waals surface area contributed by atoms with Crippen LogP contribution in [0.25, 0.3) is 0 Å². The van der Waals surface area contributed by atoms with E-state index in [1.165, 1.54) is 22.4 Å². The minimum absolute atomic E-state index is 0.155. The van der Waals surface area contributed by atoms with Gasteiger partial charge in [-0.1, -0.05) is 0 Å². The number of benzene rings is 1. The maximum atomic E-state index is 2.64. The van der Waals surface area contributed by atoms with Crippen molar-refractivity contribution < 1.29 is 0 Å². The Bertz CT molecular complexity index is 516. The summed E-state index contributed by atoms with van der Waals surface area (Å²) in [5.74, 6) is 0. The van der Waals surface area contributed by atoms with Crippen LogP contribution in [-0.4, -0.2) is 23.5 Å². The first-order valence-corrected chi connectivity index (χ1v) is 14.9. The van der Waals surface area contributed by atoms with E-state index in [2.05, 4.69) is 96.1 Å². The number of hydrogen-bond donors (Lipinski definition) is 0. The molecular weight excluding hydrogens is 336 g/mol. The normalized spacial score (nSPS) is 13.2. The Hall–Kier alpha value is -0.344. The van der Waals surface area contributed by atoms with Gasteiger partial charge >= 0.3 is 151 Å². The molecule has 0 aliphatic rings. The number of anilines is 1. The van der Waals surface area contributed by atoms with Crippen LogP contribution < -0.4 is 3.61 Å². The van der Waals surface area contributed by atoms with Gasteiger partial charge in [-0.05, 0) is 0 Å². The molecule has 2 heteroatoms. The van der Waals surface area contributed by atoms with Crippen LogP contribution in [-0.2, 0) is 16.2 Å². The first kappa shape index (κ1) is 20.7. The number of hydrogen-bond acceptors (Lipinski definition) is 1. The van der Waals surface area contributed by atoms with Crippen molar-refractivity contribution in [3.8, 4) is 0 Å². The SMILES string of the molecule is C[N](c1c(C(C)(C)C)cc(C(C)(C)C)cc1C(C)(C)C)[Ga]([CH3])[CH3]. The van der Waals surface area contributed by atoms with Gasteiger partial charge in [0.15, 0.2) is 0 Å². The van der Waals surface area contributed by atoms with Crippen molar-refractivity contribution in [3.63, 3.8) is 0 Å². The van der Waals surface area contributed by atoms with Crippen molar-refractivity contribution in [2.45, 2.75) is 89.5 Å². The Morgan fingerprint density at radius 1 is 0.696 bits per heavy atom. The van der Waals surface area contributed by atoms with Gasteiger partial charge in [0.2, 0.25) is 0 Å². The molecule has 0 heterocycles. The van der Waals surface area contributed by atoms with Gasteiger partial charge in [0.1, 0.15) is 0 Å². The summed E-state index contributed by atoms with van der Waals surface area (Å²) in [6.07, 6.45) is 0. The Labute approximate surface area is 151 Å². The van der Waals surface area contributed by atoms with Gasteiger partial charge in [-0.15, -0.1) is 0 Å². The van der Waals surface area contributed by atoms with E-state index in [-0.39, 0.29) is 16.2 Å². The number of rotatable bonds is 2. The molecule has 23 heavy (non-hydrogen) atoms. The van der Waals surface area contributed by atoms with Crippen molar-refractivity contribution in [1.82, 2.24) is 0 Å². The molecule has 0 N–H and O–H groups in total. The number of nitrogens with zero attached hydrogens (tertiary/aromatic N) is 1. The summed E-state index contributed by atoms with van der Waals surface area (Å²) in [5, 5.41) is 0. The molecule has 1 aromatic carbocycles. The molecule has 0 fully saturated rings. The van der Waals surface area contributed by atoms with Crippen LogP contribution in [0.15, 0.2) is 12.1 Å². The minimum atomic E-state index is -1.41. The molecule has 0 saturated carbocycles. The summed E-state index contributed by atoms with van der Waals surface area (Å²) in [6.45, 7) is 21.1. The predicted molar refractivity (Wildman–Crippen MR) is 108 cm³/mol. The molecule has 0 saturated heterocycles. The van der Waals surface area contributed by atoms with Crippen molar-refractivity contribution in [2.75, 3.05) is 10.7 Å². The first-order chi connectivity index (χ1) is 10.1. The van der Waals surface area contributed by atoms with E-state index in [1.807, 2.05) is 0 Å². The Balaban J connectivity index is 3.90. The van der Waals surface area contributed by atoms with Crippen LogP contribution in [0.5, 0.6) is 0 Å². The van der Waals surface area contributed by atoms with E-state index >= 15 is 0 Å². The second kappa shape index (κ2) is 6.52. The van der Waals surface area contributed by atoms with Gasteiger partial charge in [-0.25, -0.2) is 0 Å². The van der Waals surface area contributed by atoms with Gasteiger partial charge in [0.25, 0.3) is 0 Å².